The lowest BCUT2D eigenvalue weighted by Crippen LogP contribution is -2.24. The molecule has 0 fully saturated rings. The number of methoxy groups -OCH3 is 1. The average molecular weight is 298 g/mol. The second kappa shape index (κ2) is 6.76. The number of nitrogens with zero attached hydrogens (tertiary/aromatic N) is 1. The van der Waals surface area contributed by atoms with Crippen molar-refractivity contribution in [3.05, 3.63) is 59.2 Å². The largest absolute Gasteiger partial charge is 0.497 e. The normalized spacial score (nSPS) is 11.1. The van der Waals surface area contributed by atoms with Crippen LogP contribution in [0.2, 0.25) is 0 Å². The molecule has 0 aliphatic rings. The lowest BCUT2D eigenvalue weighted by atomic mass is 10.1. The summed E-state index contributed by atoms with van der Waals surface area (Å²) in [5.74, 6) is 0.196. The van der Waals surface area contributed by atoms with Gasteiger partial charge in [0.2, 0.25) is 0 Å². The summed E-state index contributed by atoms with van der Waals surface area (Å²) in [5.41, 5.74) is 3.07. The van der Waals surface area contributed by atoms with Crippen LogP contribution in [0.1, 0.15) is 16.7 Å². The van der Waals surface area contributed by atoms with Crippen LogP contribution in [0.15, 0.2) is 47.6 Å². The first-order valence-electron chi connectivity index (χ1n) is 6.81. The molecule has 0 saturated heterocycles. The van der Waals surface area contributed by atoms with Gasteiger partial charge in [0.1, 0.15) is 5.75 Å². The van der Waals surface area contributed by atoms with Gasteiger partial charge in [0.25, 0.3) is 5.91 Å². The maximum atomic E-state index is 12.4. The molecule has 2 N–H and O–H groups in total. The molecular weight excluding hydrogens is 280 g/mol. The minimum atomic E-state index is -0.468. The summed E-state index contributed by atoms with van der Waals surface area (Å²) >= 11 is 0. The third-order valence-corrected chi connectivity index (χ3v) is 3.40. The number of aryl methyl sites for hydroxylation is 2. The van der Waals surface area contributed by atoms with Crippen LogP contribution in [0.25, 0.3) is 0 Å². The Morgan fingerprint density at radius 3 is 2.18 bits per heavy atom. The molecule has 0 saturated carbocycles. The molecule has 5 nitrogen and oxygen atoms in total. The minimum Gasteiger partial charge on any atom is -0.497 e. The molecule has 0 aliphatic carbocycles. The summed E-state index contributed by atoms with van der Waals surface area (Å²) in [6.45, 7) is 3.82. The summed E-state index contributed by atoms with van der Waals surface area (Å²) in [5, 5.41) is 15.1. The molecule has 5 heteroatoms. The highest BCUT2D eigenvalue weighted by molar-refractivity contribution is 6.48. The van der Waals surface area contributed by atoms with Gasteiger partial charge in [0, 0.05) is 11.3 Å². The average Bonchev–Trinajstić information content (AvgIpc) is 2.52. The molecule has 0 unspecified atom stereocenters. The monoisotopic (exact) mass is 298 g/mol. The van der Waals surface area contributed by atoms with Gasteiger partial charge < -0.3 is 15.3 Å². The van der Waals surface area contributed by atoms with Crippen LogP contribution in [0.5, 0.6) is 5.75 Å². The van der Waals surface area contributed by atoms with Gasteiger partial charge in [0.05, 0.1) is 7.11 Å². The first-order valence-corrected chi connectivity index (χ1v) is 6.81. The van der Waals surface area contributed by atoms with Crippen molar-refractivity contribution in [2.75, 3.05) is 12.4 Å². The van der Waals surface area contributed by atoms with E-state index in [0.29, 0.717) is 11.3 Å². The molecule has 0 aromatic heterocycles. The van der Waals surface area contributed by atoms with E-state index in [1.54, 1.807) is 31.4 Å². The molecule has 22 heavy (non-hydrogen) atoms. The number of carbonyl (C=O) groups is 1. The molecule has 114 valence electrons. The van der Waals surface area contributed by atoms with Crippen molar-refractivity contribution in [3.8, 4) is 5.75 Å². The van der Waals surface area contributed by atoms with Gasteiger partial charge in [-0.15, -0.1) is 0 Å². The standard InChI is InChI=1S/C17H18N2O3/c1-11-5-4-6-12(2)15(11)18-17(20)16(19-21)13-7-9-14(22-3)10-8-13/h4-10,21H,1-3H3,(H,18,20)/b19-16-. The van der Waals surface area contributed by atoms with Crippen LogP contribution in [-0.4, -0.2) is 23.9 Å². The molecule has 2 rings (SSSR count). The van der Waals surface area contributed by atoms with Crippen molar-refractivity contribution in [1.29, 1.82) is 0 Å². The van der Waals surface area contributed by atoms with E-state index in [1.165, 1.54) is 0 Å². The van der Waals surface area contributed by atoms with E-state index in [9.17, 15) is 10.0 Å². The Balaban J connectivity index is 2.26. The van der Waals surface area contributed by atoms with Crippen molar-refractivity contribution in [2.45, 2.75) is 13.8 Å². The second-order valence-electron chi connectivity index (χ2n) is 4.90. The van der Waals surface area contributed by atoms with E-state index >= 15 is 0 Å². The Hall–Kier alpha value is -2.82. The van der Waals surface area contributed by atoms with Gasteiger partial charge in [-0.25, -0.2) is 0 Å². The number of ether oxygens (including phenoxy) is 1. The van der Waals surface area contributed by atoms with Crippen LogP contribution in [0, 0.1) is 13.8 Å². The summed E-state index contributed by atoms with van der Waals surface area (Å²) in [6, 6.07) is 12.5. The number of benzene rings is 2. The van der Waals surface area contributed by atoms with Gasteiger partial charge in [-0.05, 0) is 49.2 Å². The Kier molecular flexibility index (Phi) is 4.78. The molecule has 2 aromatic carbocycles. The Morgan fingerprint density at radius 1 is 1.09 bits per heavy atom. The lowest BCUT2D eigenvalue weighted by Gasteiger charge is -2.12. The molecule has 0 radical (unpaired) electrons. The summed E-state index contributed by atoms with van der Waals surface area (Å²) in [7, 11) is 1.56. The van der Waals surface area contributed by atoms with Crippen molar-refractivity contribution < 1.29 is 14.7 Å². The zero-order chi connectivity index (χ0) is 16.1. The number of carbonyl (C=O) groups excluding carboxylic acids is 1. The zero-order valence-corrected chi connectivity index (χ0v) is 12.8. The predicted octanol–water partition coefficient (Wildman–Crippen LogP) is 3.13. The van der Waals surface area contributed by atoms with Gasteiger partial charge in [0.15, 0.2) is 5.71 Å². The van der Waals surface area contributed by atoms with E-state index in [1.807, 2.05) is 32.0 Å². The number of hydrogen-bond donors (Lipinski definition) is 2. The lowest BCUT2D eigenvalue weighted by molar-refractivity contribution is -0.110. The Bertz CT molecular complexity index is 686. The maximum Gasteiger partial charge on any atom is 0.278 e. The number of oxime groups is 1. The maximum absolute atomic E-state index is 12.4. The summed E-state index contributed by atoms with van der Waals surface area (Å²) in [4.78, 5) is 12.4. The number of anilines is 1. The number of hydrogen-bond acceptors (Lipinski definition) is 4. The van der Waals surface area contributed by atoms with E-state index in [4.69, 9.17) is 4.74 Å². The van der Waals surface area contributed by atoms with E-state index in [-0.39, 0.29) is 5.71 Å². The highest BCUT2D eigenvalue weighted by atomic mass is 16.5. The van der Waals surface area contributed by atoms with Gasteiger partial charge in [-0.1, -0.05) is 23.4 Å². The van der Waals surface area contributed by atoms with Crippen molar-refractivity contribution >= 4 is 17.3 Å². The van der Waals surface area contributed by atoms with Gasteiger partial charge >= 0.3 is 0 Å². The molecule has 2 aromatic rings. The van der Waals surface area contributed by atoms with Crippen LogP contribution >= 0.6 is 0 Å². The van der Waals surface area contributed by atoms with Crippen molar-refractivity contribution in [2.24, 2.45) is 5.16 Å². The SMILES string of the molecule is COc1ccc(/C(=N/O)C(=O)Nc2c(C)cccc2C)cc1. The third-order valence-electron chi connectivity index (χ3n) is 3.40. The quantitative estimate of drug-likeness (QED) is 0.517. The fourth-order valence-electron chi connectivity index (χ4n) is 2.17. The molecule has 0 heterocycles. The first-order chi connectivity index (χ1) is 10.6. The number of nitrogens with one attached hydrogen (secondary N) is 1. The highest BCUT2D eigenvalue weighted by Gasteiger charge is 2.17. The molecule has 0 atom stereocenters. The third kappa shape index (κ3) is 3.25. The smallest absolute Gasteiger partial charge is 0.278 e. The van der Waals surface area contributed by atoms with Crippen molar-refractivity contribution in [3.63, 3.8) is 0 Å². The zero-order valence-electron chi connectivity index (χ0n) is 12.8. The van der Waals surface area contributed by atoms with E-state index in [2.05, 4.69) is 10.5 Å². The minimum absolute atomic E-state index is 0.0506. The highest BCUT2D eigenvalue weighted by Crippen LogP contribution is 2.20. The first kappa shape index (κ1) is 15.6. The van der Waals surface area contributed by atoms with E-state index < -0.39 is 5.91 Å². The predicted molar refractivity (Wildman–Crippen MR) is 85.9 cm³/mol. The van der Waals surface area contributed by atoms with Crippen LogP contribution in [-0.2, 0) is 4.79 Å². The van der Waals surface area contributed by atoms with E-state index in [0.717, 1.165) is 16.8 Å². The molecule has 0 bridgehead atoms. The van der Waals surface area contributed by atoms with Gasteiger partial charge in [-0.2, -0.15) is 0 Å². The molecule has 0 spiro atoms. The summed E-state index contributed by atoms with van der Waals surface area (Å²) < 4.78 is 5.07. The van der Waals surface area contributed by atoms with Crippen LogP contribution in [0.4, 0.5) is 5.69 Å². The summed E-state index contributed by atoms with van der Waals surface area (Å²) in [6.07, 6.45) is 0. The van der Waals surface area contributed by atoms with Gasteiger partial charge in [-0.3, -0.25) is 4.79 Å². The van der Waals surface area contributed by atoms with Crippen LogP contribution in [0.3, 0.4) is 0 Å². The topological polar surface area (TPSA) is 70.9 Å². The fraction of sp³-hybridized carbons (Fsp3) is 0.176. The number of rotatable bonds is 4. The molecule has 0 aliphatic heterocycles. The Labute approximate surface area is 129 Å². The number of para-hydroxylation sites is 1. The number of amides is 1. The molecular formula is C17H18N2O3. The van der Waals surface area contributed by atoms with Crippen LogP contribution < -0.4 is 10.1 Å². The Morgan fingerprint density at radius 2 is 1.68 bits per heavy atom. The van der Waals surface area contributed by atoms with Crippen molar-refractivity contribution in [1.82, 2.24) is 0 Å². The second-order valence-corrected chi connectivity index (χ2v) is 4.90. The molecule has 1 amide bonds. The fourth-order valence-corrected chi connectivity index (χ4v) is 2.17.